The van der Waals surface area contributed by atoms with E-state index in [1.54, 1.807) is 48.8 Å². The van der Waals surface area contributed by atoms with E-state index in [4.69, 9.17) is 0 Å². The van der Waals surface area contributed by atoms with Crippen LogP contribution in [0.15, 0.2) is 51.8 Å². The second-order valence-corrected chi connectivity index (χ2v) is 8.05. The molecule has 0 radical (unpaired) electrons. The van der Waals surface area contributed by atoms with Crippen molar-refractivity contribution >= 4 is 33.3 Å². The Labute approximate surface area is 151 Å². The molecule has 2 aromatic rings. The van der Waals surface area contributed by atoms with Crippen molar-refractivity contribution in [1.29, 1.82) is 0 Å². The highest BCUT2D eigenvalue weighted by Gasteiger charge is 2.20. The molecule has 2 rings (SSSR count). The van der Waals surface area contributed by atoms with E-state index in [9.17, 15) is 13.2 Å². The van der Waals surface area contributed by atoms with Crippen molar-refractivity contribution in [1.82, 2.24) is 8.87 Å². The lowest BCUT2D eigenvalue weighted by atomic mass is 10.2. The Morgan fingerprint density at radius 1 is 1.24 bits per heavy atom. The van der Waals surface area contributed by atoms with Crippen molar-refractivity contribution in [2.45, 2.75) is 18.7 Å². The minimum absolute atomic E-state index is 0.245. The normalized spacial score (nSPS) is 13.0. The first kappa shape index (κ1) is 19.3. The van der Waals surface area contributed by atoms with Crippen LogP contribution in [0.5, 0.6) is 0 Å². The fourth-order valence-corrected chi connectivity index (χ4v) is 4.39. The Morgan fingerprint density at radius 3 is 2.40 bits per heavy atom. The number of aromatic nitrogens is 1. The molecule has 0 bridgehead atoms. The number of rotatable bonds is 6. The molecule has 0 spiro atoms. The van der Waals surface area contributed by atoms with Gasteiger partial charge in [0.15, 0.2) is 4.80 Å². The first-order valence-electron chi connectivity index (χ1n) is 7.85. The molecule has 6 nitrogen and oxygen atoms in total. The molecule has 1 aromatic carbocycles. The fourth-order valence-electron chi connectivity index (χ4n) is 2.20. The first-order chi connectivity index (χ1) is 11.9. The molecule has 0 saturated carbocycles. The molecule has 25 heavy (non-hydrogen) atoms. The molecule has 8 heteroatoms. The molecule has 0 saturated heterocycles. The number of thiazole rings is 1. The van der Waals surface area contributed by atoms with Gasteiger partial charge in [0.05, 0.1) is 4.90 Å². The van der Waals surface area contributed by atoms with Gasteiger partial charge in [0.25, 0.3) is 5.91 Å². The van der Waals surface area contributed by atoms with E-state index in [0.717, 1.165) is 5.56 Å². The Morgan fingerprint density at radius 2 is 1.88 bits per heavy atom. The molecular formula is C17H21N3O3S2. The Kier molecular flexibility index (Phi) is 6.46. The number of carbonyl (C=O) groups is 1. The molecule has 1 aromatic heterocycles. The third-order valence-corrected chi connectivity index (χ3v) is 6.52. The van der Waals surface area contributed by atoms with Crippen molar-refractivity contribution in [2.24, 2.45) is 12.0 Å². The van der Waals surface area contributed by atoms with Crippen LogP contribution in [0.1, 0.15) is 19.4 Å². The number of benzene rings is 1. The highest BCUT2D eigenvalue weighted by molar-refractivity contribution is 7.89. The maximum Gasteiger partial charge on any atom is 0.272 e. The molecule has 0 aliphatic carbocycles. The van der Waals surface area contributed by atoms with Crippen LogP contribution in [-0.4, -0.2) is 36.3 Å². The topological polar surface area (TPSA) is 71.7 Å². The lowest BCUT2D eigenvalue weighted by Gasteiger charge is -2.18. The quantitative estimate of drug-likeness (QED) is 0.723. The summed E-state index contributed by atoms with van der Waals surface area (Å²) in [6.45, 7) is 4.47. The molecule has 0 N–H and O–H groups in total. The van der Waals surface area contributed by atoms with Gasteiger partial charge in [0.2, 0.25) is 10.0 Å². The van der Waals surface area contributed by atoms with E-state index in [2.05, 4.69) is 4.99 Å². The highest BCUT2D eigenvalue weighted by atomic mass is 32.2. The smallest absolute Gasteiger partial charge is 0.272 e. The van der Waals surface area contributed by atoms with Crippen molar-refractivity contribution in [3.05, 3.63) is 52.3 Å². The summed E-state index contributed by atoms with van der Waals surface area (Å²) in [5.41, 5.74) is 0.734. The van der Waals surface area contributed by atoms with Gasteiger partial charge in [-0.25, -0.2) is 8.42 Å². The van der Waals surface area contributed by atoms with Crippen LogP contribution >= 0.6 is 11.3 Å². The Bertz CT molecular complexity index is 919. The van der Waals surface area contributed by atoms with Gasteiger partial charge >= 0.3 is 0 Å². The van der Waals surface area contributed by atoms with Gasteiger partial charge in [-0.2, -0.15) is 9.30 Å². The minimum atomic E-state index is -3.47. The van der Waals surface area contributed by atoms with Gasteiger partial charge in [0, 0.05) is 37.8 Å². The molecule has 0 fully saturated rings. The lowest BCUT2D eigenvalue weighted by Crippen LogP contribution is -2.30. The largest absolute Gasteiger partial charge is 0.327 e. The summed E-state index contributed by atoms with van der Waals surface area (Å²) in [6, 6.07) is 6.44. The Balaban J connectivity index is 2.15. The van der Waals surface area contributed by atoms with Crippen LogP contribution in [0.3, 0.4) is 0 Å². The zero-order valence-corrected chi connectivity index (χ0v) is 16.0. The lowest BCUT2D eigenvalue weighted by molar-refractivity contribution is -0.113. The zero-order valence-electron chi connectivity index (χ0n) is 14.4. The van der Waals surface area contributed by atoms with E-state index < -0.39 is 10.0 Å². The van der Waals surface area contributed by atoms with Gasteiger partial charge < -0.3 is 4.57 Å². The second-order valence-electron chi connectivity index (χ2n) is 5.24. The van der Waals surface area contributed by atoms with Crippen LogP contribution in [0.25, 0.3) is 6.08 Å². The maximum absolute atomic E-state index is 12.4. The number of amides is 1. The standard InChI is InChI=1S/C17H21N3O3S2/c1-4-20(5-2)25(22,23)15-9-6-14(7-10-15)8-11-16(21)18-17-19(3)12-13-24-17/h6-13H,4-5H2,1-3H3/b11-8+,18-17?. The van der Waals surface area contributed by atoms with E-state index >= 15 is 0 Å². The average Bonchev–Trinajstić information content (AvgIpc) is 2.99. The van der Waals surface area contributed by atoms with E-state index in [1.165, 1.54) is 21.7 Å². The van der Waals surface area contributed by atoms with Crippen molar-refractivity contribution in [3.8, 4) is 0 Å². The maximum atomic E-state index is 12.4. The molecule has 1 heterocycles. The van der Waals surface area contributed by atoms with Crippen molar-refractivity contribution < 1.29 is 13.2 Å². The molecule has 0 aliphatic heterocycles. The summed E-state index contributed by atoms with van der Waals surface area (Å²) in [7, 11) is -1.65. The predicted molar refractivity (Wildman–Crippen MR) is 99.4 cm³/mol. The second kappa shape index (κ2) is 8.37. The van der Waals surface area contributed by atoms with E-state index in [0.29, 0.717) is 17.9 Å². The van der Waals surface area contributed by atoms with E-state index in [-0.39, 0.29) is 10.8 Å². The zero-order chi connectivity index (χ0) is 18.4. The van der Waals surface area contributed by atoms with E-state index in [1.807, 2.05) is 18.6 Å². The van der Waals surface area contributed by atoms with Gasteiger partial charge in [-0.05, 0) is 23.8 Å². The van der Waals surface area contributed by atoms with Crippen LogP contribution in [-0.2, 0) is 21.9 Å². The number of hydrogen-bond donors (Lipinski definition) is 0. The average molecular weight is 380 g/mol. The van der Waals surface area contributed by atoms with Crippen LogP contribution in [0, 0.1) is 0 Å². The van der Waals surface area contributed by atoms with Crippen LogP contribution in [0.2, 0.25) is 0 Å². The van der Waals surface area contributed by atoms with Crippen molar-refractivity contribution in [3.63, 3.8) is 0 Å². The molecule has 0 aliphatic rings. The summed E-state index contributed by atoms with van der Waals surface area (Å²) in [4.78, 5) is 16.7. The van der Waals surface area contributed by atoms with Gasteiger partial charge in [0.1, 0.15) is 0 Å². The van der Waals surface area contributed by atoms with Crippen LogP contribution < -0.4 is 4.80 Å². The van der Waals surface area contributed by atoms with Gasteiger partial charge in [-0.1, -0.05) is 26.0 Å². The molecule has 134 valence electrons. The SMILES string of the molecule is CCN(CC)S(=O)(=O)c1ccc(/C=C/C(=O)N=c2sccn2C)cc1. The third-order valence-electron chi connectivity index (χ3n) is 3.61. The van der Waals surface area contributed by atoms with Gasteiger partial charge in [-0.15, -0.1) is 11.3 Å². The fraction of sp³-hybridized carbons (Fsp3) is 0.294. The number of aryl methyl sites for hydroxylation is 1. The molecule has 0 unspecified atom stereocenters. The number of carbonyl (C=O) groups excluding carboxylic acids is 1. The predicted octanol–water partition coefficient (Wildman–Crippen LogP) is 2.26. The molecule has 1 amide bonds. The highest BCUT2D eigenvalue weighted by Crippen LogP contribution is 2.16. The number of sulfonamides is 1. The third kappa shape index (κ3) is 4.75. The molecular weight excluding hydrogens is 358 g/mol. The summed E-state index contributed by atoms with van der Waals surface area (Å²) in [5, 5.41) is 1.85. The number of hydrogen-bond acceptors (Lipinski definition) is 4. The summed E-state index contributed by atoms with van der Waals surface area (Å²) >= 11 is 1.38. The minimum Gasteiger partial charge on any atom is -0.327 e. The summed E-state index contributed by atoms with van der Waals surface area (Å²) in [5.74, 6) is -0.363. The van der Waals surface area contributed by atoms with Gasteiger partial charge in [-0.3, -0.25) is 4.79 Å². The van der Waals surface area contributed by atoms with Crippen molar-refractivity contribution in [2.75, 3.05) is 13.1 Å². The summed E-state index contributed by atoms with van der Waals surface area (Å²) < 4.78 is 28.0. The summed E-state index contributed by atoms with van der Waals surface area (Å²) in [6.07, 6.45) is 4.82. The Hall–Kier alpha value is -2.03. The first-order valence-corrected chi connectivity index (χ1v) is 10.2. The van der Waals surface area contributed by atoms with Crippen LogP contribution in [0.4, 0.5) is 0 Å². The molecule has 0 atom stereocenters. The number of nitrogens with zero attached hydrogens (tertiary/aromatic N) is 3. The monoisotopic (exact) mass is 379 g/mol.